The SMILES string of the molecule is CC/C=C\C/C=C\C/C=C\C/C=C\C/C=C\C/C=C\C/C=C\CCCC(=O)OC(COC(=O)CCCCCCC/C=C\C/C=C\CCCC)COC(=O)CCCCCCCCCCCCCC/C=C\C/C=C\C/C=C\C/C=C\CC. The summed E-state index contributed by atoms with van der Waals surface area (Å²) in [5, 5.41) is 0. The van der Waals surface area contributed by atoms with E-state index in [1.807, 2.05) is 0 Å². The maximum atomic E-state index is 12.9. The van der Waals surface area contributed by atoms with Crippen molar-refractivity contribution < 1.29 is 28.6 Å². The first kappa shape index (κ1) is 75.0. The lowest BCUT2D eigenvalue weighted by Gasteiger charge is -2.18. The smallest absolute Gasteiger partial charge is 0.306 e. The van der Waals surface area contributed by atoms with E-state index in [0.29, 0.717) is 19.3 Å². The summed E-state index contributed by atoms with van der Waals surface area (Å²) >= 11 is 0. The molecule has 450 valence electrons. The monoisotopic (exact) mass is 1100 g/mol. The largest absolute Gasteiger partial charge is 0.462 e. The van der Waals surface area contributed by atoms with Crippen LogP contribution < -0.4 is 0 Å². The van der Waals surface area contributed by atoms with Crippen LogP contribution in [0.1, 0.15) is 271 Å². The molecule has 0 aliphatic heterocycles. The molecule has 0 saturated carbocycles. The first-order valence-corrected chi connectivity index (χ1v) is 32.5. The molecule has 0 aromatic heterocycles. The zero-order valence-electron chi connectivity index (χ0n) is 51.5. The quantitative estimate of drug-likeness (QED) is 0.0261. The molecule has 0 aliphatic carbocycles. The van der Waals surface area contributed by atoms with Crippen molar-refractivity contribution in [3.8, 4) is 0 Å². The van der Waals surface area contributed by atoms with Gasteiger partial charge >= 0.3 is 17.9 Å². The summed E-state index contributed by atoms with van der Waals surface area (Å²) in [5.74, 6) is -0.990. The van der Waals surface area contributed by atoms with Gasteiger partial charge in [-0.2, -0.15) is 0 Å². The van der Waals surface area contributed by atoms with E-state index in [1.54, 1.807) is 0 Å². The number of carbonyl (C=O) groups is 3. The minimum absolute atomic E-state index is 0.113. The van der Waals surface area contributed by atoms with Crippen molar-refractivity contribution in [2.24, 2.45) is 0 Å². The lowest BCUT2D eigenvalue weighted by Crippen LogP contribution is -2.30. The van der Waals surface area contributed by atoms with Crippen LogP contribution in [0.3, 0.4) is 0 Å². The van der Waals surface area contributed by atoms with Crippen LogP contribution >= 0.6 is 0 Å². The third-order valence-corrected chi connectivity index (χ3v) is 13.2. The average Bonchev–Trinajstić information content (AvgIpc) is 3.46. The Labute approximate surface area is 492 Å². The summed E-state index contributed by atoms with van der Waals surface area (Å²) in [6.07, 6.45) is 96.8. The van der Waals surface area contributed by atoms with E-state index in [0.717, 1.165) is 141 Å². The number of hydrogen-bond acceptors (Lipinski definition) is 6. The molecule has 6 heteroatoms. The fraction of sp³-hybridized carbons (Fsp3) is 0.608. The third kappa shape index (κ3) is 63.9. The van der Waals surface area contributed by atoms with Crippen molar-refractivity contribution in [2.45, 2.75) is 277 Å². The van der Waals surface area contributed by atoms with E-state index in [9.17, 15) is 14.4 Å². The molecule has 0 amide bonds. The molecule has 1 atom stereocenters. The van der Waals surface area contributed by atoms with Crippen molar-refractivity contribution in [2.75, 3.05) is 13.2 Å². The Bertz CT molecular complexity index is 1790. The molecule has 0 aromatic rings. The van der Waals surface area contributed by atoms with E-state index in [-0.39, 0.29) is 37.5 Å². The van der Waals surface area contributed by atoms with E-state index >= 15 is 0 Å². The molecule has 80 heavy (non-hydrogen) atoms. The maximum Gasteiger partial charge on any atom is 0.306 e. The minimum Gasteiger partial charge on any atom is -0.462 e. The number of carbonyl (C=O) groups excluding carboxylic acids is 3. The average molecular weight is 1100 g/mol. The summed E-state index contributed by atoms with van der Waals surface area (Å²) in [6, 6.07) is 0. The predicted octanol–water partition coefficient (Wildman–Crippen LogP) is 22.5. The zero-order chi connectivity index (χ0) is 57.8. The van der Waals surface area contributed by atoms with Gasteiger partial charge in [-0.05, 0) is 135 Å². The van der Waals surface area contributed by atoms with Crippen molar-refractivity contribution in [3.63, 3.8) is 0 Å². The summed E-state index contributed by atoms with van der Waals surface area (Å²) in [5.41, 5.74) is 0. The highest BCUT2D eigenvalue weighted by Crippen LogP contribution is 2.15. The summed E-state index contributed by atoms with van der Waals surface area (Å²) in [6.45, 7) is 6.32. The van der Waals surface area contributed by atoms with Gasteiger partial charge < -0.3 is 14.2 Å². The molecule has 1 unspecified atom stereocenters. The Hall–Kier alpha value is -4.97. The molecular formula is C74H118O6. The lowest BCUT2D eigenvalue weighted by atomic mass is 10.0. The van der Waals surface area contributed by atoms with Crippen LogP contribution in [-0.2, 0) is 28.6 Å². The lowest BCUT2D eigenvalue weighted by molar-refractivity contribution is -0.167. The Balaban J connectivity index is 4.47. The van der Waals surface area contributed by atoms with Crippen LogP contribution in [0.2, 0.25) is 0 Å². The standard InChI is InChI=1S/C74H118O6/c1-4-7-10-13-16-19-22-25-28-30-32-34-36-37-39-40-42-44-46-49-52-55-58-61-64-67-73(76)79-70-71(69-78-72(75)66-63-60-57-54-51-48-27-24-21-18-15-12-9-6-3)80-74(77)68-65-62-59-56-53-50-47-45-43-41-38-35-33-31-29-26-23-20-17-14-11-8-5-2/h7-8,10-11,15-20,24-29,32-35,41,43,47,50,56,59,71H,4-6,9,12-14,21-23,30-31,36-40,42,44-46,48-49,51-55,57-58,60-70H2,1-3H3/b10-7-,11-8-,18-15-,19-16-,20-17-,27-24-,28-25-,29-26-,34-32-,35-33-,43-41-,50-47-,59-56-. The minimum atomic E-state index is -0.824. The van der Waals surface area contributed by atoms with Crippen LogP contribution in [0, 0.1) is 0 Å². The van der Waals surface area contributed by atoms with E-state index in [2.05, 4.69) is 179 Å². The number of rotatable bonds is 57. The second-order valence-electron chi connectivity index (χ2n) is 20.9. The fourth-order valence-corrected chi connectivity index (χ4v) is 8.44. The van der Waals surface area contributed by atoms with Crippen LogP contribution in [-0.4, -0.2) is 37.2 Å². The van der Waals surface area contributed by atoms with Crippen LogP contribution in [0.4, 0.5) is 0 Å². The van der Waals surface area contributed by atoms with Crippen molar-refractivity contribution >= 4 is 17.9 Å². The van der Waals surface area contributed by atoms with E-state index in [4.69, 9.17) is 14.2 Å². The van der Waals surface area contributed by atoms with Crippen LogP contribution in [0.5, 0.6) is 0 Å². The third-order valence-electron chi connectivity index (χ3n) is 13.2. The highest BCUT2D eigenvalue weighted by Gasteiger charge is 2.19. The van der Waals surface area contributed by atoms with Gasteiger partial charge in [0.2, 0.25) is 0 Å². The van der Waals surface area contributed by atoms with Gasteiger partial charge in [0.25, 0.3) is 0 Å². The Kier molecular flexibility index (Phi) is 62.4. The Morgan fingerprint density at radius 2 is 0.500 bits per heavy atom. The van der Waals surface area contributed by atoms with Gasteiger partial charge in [0.15, 0.2) is 6.10 Å². The molecule has 0 saturated heterocycles. The predicted molar refractivity (Wildman–Crippen MR) is 348 cm³/mol. The number of allylic oxidation sites excluding steroid dienone is 26. The molecule has 0 heterocycles. The number of ether oxygens (including phenoxy) is 3. The van der Waals surface area contributed by atoms with E-state index in [1.165, 1.54) is 83.5 Å². The molecule has 0 bridgehead atoms. The maximum absolute atomic E-state index is 12.9. The molecule has 6 nitrogen and oxygen atoms in total. The molecule has 0 rings (SSSR count). The van der Waals surface area contributed by atoms with Gasteiger partial charge in [-0.3, -0.25) is 14.4 Å². The van der Waals surface area contributed by atoms with Crippen molar-refractivity contribution in [1.82, 2.24) is 0 Å². The van der Waals surface area contributed by atoms with Crippen molar-refractivity contribution in [3.05, 3.63) is 158 Å². The van der Waals surface area contributed by atoms with Gasteiger partial charge in [-0.25, -0.2) is 0 Å². The van der Waals surface area contributed by atoms with Crippen LogP contribution in [0.25, 0.3) is 0 Å². The van der Waals surface area contributed by atoms with Gasteiger partial charge in [-0.15, -0.1) is 0 Å². The molecule has 0 fully saturated rings. The first-order chi connectivity index (χ1) is 39.5. The van der Waals surface area contributed by atoms with Gasteiger partial charge in [-0.1, -0.05) is 275 Å². The second kappa shape index (κ2) is 66.5. The summed E-state index contributed by atoms with van der Waals surface area (Å²) in [4.78, 5) is 38.3. The number of esters is 3. The molecule has 0 aliphatic rings. The first-order valence-electron chi connectivity index (χ1n) is 32.5. The Morgan fingerprint density at radius 3 is 0.800 bits per heavy atom. The van der Waals surface area contributed by atoms with Gasteiger partial charge in [0.1, 0.15) is 13.2 Å². The molecule has 0 aromatic carbocycles. The zero-order valence-corrected chi connectivity index (χ0v) is 51.5. The van der Waals surface area contributed by atoms with Crippen LogP contribution in [0.15, 0.2) is 158 Å². The Morgan fingerprint density at radius 1 is 0.263 bits per heavy atom. The van der Waals surface area contributed by atoms with Crippen molar-refractivity contribution in [1.29, 1.82) is 0 Å². The normalized spacial score (nSPS) is 13.2. The van der Waals surface area contributed by atoms with Gasteiger partial charge in [0, 0.05) is 19.3 Å². The highest BCUT2D eigenvalue weighted by atomic mass is 16.6. The molecule has 0 spiro atoms. The highest BCUT2D eigenvalue weighted by molar-refractivity contribution is 5.71. The summed E-state index contributed by atoms with van der Waals surface area (Å²) in [7, 11) is 0. The molecule has 0 N–H and O–H groups in total. The number of unbranched alkanes of at least 4 members (excludes halogenated alkanes) is 20. The summed E-state index contributed by atoms with van der Waals surface area (Å²) < 4.78 is 16.9. The second-order valence-corrected chi connectivity index (χ2v) is 20.9. The molecule has 0 radical (unpaired) electrons. The van der Waals surface area contributed by atoms with E-state index < -0.39 is 6.10 Å². The topological polar surface area (TPSA) is 78.9 Å². The number of hydrogen-bond donors (Lipinski definition) is 0. The van der Waals surface area contributed by atoms with Gasteiger partial charge in [0.05, 0.1) is 0 Å². The fourth-order valence-electron chi connectivity index (χ4n) is 8.44. The molecular weight excluding hydrogens is 985 g/mol.